The highest BCUT2D eigenvalue weighted by atomic mass is 32.2. The smallest absolute Gasteiger partial charge is 0.329 e. The molecule has 1 atom stereocenters. The predicted molar refractivity (Wildman–Crippen MR) is 68.4 cm³/mol. The Labute approximate surface area is 106 Å². The SMILES string of the molecule is CCC(CSC)N(C)C(=O)NC1(C(=O)O)CC1. The van der Waals surface area contributed by atoms with Crippen LogP contribution in [0.1, 0.15) is 26.2 Å². The van der Waals surface area contributed by atoms with Gasteiger partial charge in [-0.05, 0) is 25.5 Å². The number of carboxylic acid groups (broad SMARTS) is 1. The summed E-state index contributed by atoms with van der Waals surface area (Å²) in [5.41, 5.74) is -0.997. The van der Waals surface area contributed by atoms with Gasteiger partial charge in [-0.1, -0.05) is 6.92 Å². The molecular weight excluding hydrogens is 240 g/mol. The number of carbonyl (C=O) groups is 2. The number of amides is 2. The van der Waals surface area contributed by atoms with Crippen LogP contribution in [0.4, 0.5) is 4.79 Å². The van der Waals surface area contributed by atoms with Crippen LogP contribution in [-0.2, 0) is 4.79 Å². The largest absolute Gasteiger partial charge is 0.480 e. The molecule has 0 radical (unpaired) electrons. The minimum atomic E-state index is -0.997. The van der Waals surface area contributed by atoms with Gasteiger partial charge in [0.1, 0.15) is 5.54 Å². The average molecular weight is 260 g/mol. The summed E-state index contributed by atoms with van der Waals surface area (Å²) in [5.74, 6) is -0.0716. The molecular formula is C11H20N2O3S. The third-order valence-corrected chi connectivity index (χ3v) is 3.92. The summed E-state index contributed by atoms with van der Waals surface area (Å²) in [5, 5.41) is 11.6. The van der Waals surface area contributed by atoms with Crippen LogP contribution in [0.2, 0.25) is 0 Å². The lowest BCUT2D eigenvalue weighted by Crippen LogP contribution is -2.51. The monoisotopic (exact) mass is 260 g/mol. The molecule has 0 aromatic rings. The fourth-order valence-corrected chi connectivity index (χ4v) is 2.52. The minimum absolute atomic E-state index is 0.148. The van der Waals surface area contributed by atoms with Gasteiger partial charge in [0.2, 0.25) is 0 Å². The zero-order valence-electron chi connectivity index (χ0n) is 10.5. The van der Waals surface area contributed by atoms with Gasteiger partial charge < -0.3 is 15.3 Å². The molecule has 1 aliphatic carbocycles. The minimum Gasteiger partial charge on any atom is -0.480 e. The number of urea groups is 1. The van der Waals surface area contributed by atoms with E-state index in [-0.39, 0.29) is 12.1 Å². The highest BCUT2D eigenvalue weighted by Gasteiger charge is 2.52. The van der Waals surface area contributed by atoms with Crippen LogP contribution in [0.15, 0.2) is 0 Å². The van der Waals surface area contributed by atoms with Crippen LogP contribution in [0.25, 0.3) is 0 Å². The maximum atomic E-state index is 11.9. The molecule has 1 aliphatic rings. The molecule has 0 saturated heterocycles. The van der Waals surface area contributed by atoms with E-state index in [4.69, 9.17) is 5.11 Å². The second kappa shape index (κ2) is 5.62. The van der Waals surface area contributed by atoms with E-state index in [0.717, 1.165) is 12.2 Å². The fraction of sp³-hybridized carbons (Fsp3) is 0.818. The van der Waals surface area contributed by atoms with Gasteiger partial charge in [-0.3, -0.25) is 0 Å². The molecule has 1 saturated carbocycles. The van der Waals surface area contributed by atoms with Gasteiger partial charge in [-0.2, -0.15) is 11.8 Å². The van der Waals surface area contributed by atoms with E-state index >= 15 is 0 Å². The number of hydrogen-bond acceptors (Lipinski definition) is 3. The Balaban J connectivity index is 2.55. The van der Waals surface area contributed by atoms with Crippen molar-refractivity contribution in [1.29, 1.82) is 0 Å². The lowest BCUT2D eigenvalue weighted by molar-refractivity contribution is -0.140. The van der Waals surface area contributed by atoms with Crippen molar-refractivity contribution in [3.8, 4) is 0 Å². The first-order valence-electron chi connectivity index (χ1n) is 5.74. The molecule has 2 N–H and O–H groups in total. The Morgan fingerprint density at radius 1 is 1.53 bits per heavy atom. The maximum Gasteiger partial charge on any atom is 0.329 e. The maximum absolute atomic E-state index is 11.9. The topological polar surface area (TPSA) is 69.6 Å². The number of rotatable bonds is 6. The van der Waals surface area contributed by atoms with Gasteiger partial charge in [-0.25, -0.2) is 9.59 Å². The molecule has 1 rings (SSSR count). The van der Waals surface area contributed by atoms with Crippen LogP contribution in [0.3, 0.4) is 0 Å². The Morgan fingerprint density at radius 3 is 2.47 bits per heavy atom. The molecule has 6 heteroatoms. The number of thioether (sulfide) groups is 1. The molecule has 1 fully saturated rings. The number of carbonyl (C=O) groups excluding carboxylic acids is 1. The lowest BCUT2D eigenvalue weighted by atomic mass is 10.2. The highest BCUT2D eigenvalue weighted by Crippen LogP contribution is 2.35. The molecule has 0 bridgehead atoms. The number of aliphatic carboxylic acids is 1. The normalized spacial score (nSPS) is 18.3. The predicted octanol–water partition coefficient (Wildman–Crippen LogP) is 1.39. The van der Waals surface area contributed by atoms with Crippen molar-refractivity contribution in [2.75, 3.05) is 19.1 Å². The van der Waals surface area contributed by atoms with E-state index < -0.39 is 11.5 Å². The van der Waals surface area contributed by atoms with Crippen LogP contribution < -0.4 is 5.32 Å². The second-order valence-electron chi connectivity index (χ2n) is 4.45. The summed E-state index contributed by atoms with van der Waals surface area (Å²) in [6, 6.07) is -0.139. The van der Waals surface area contributed by atoms with Gasteiger partial charge in [-0.15, -0.1) is 0 Å². The van der Waals surface area contributed by atoms with Crippen molar-refractivity contribution in [3.63, 3.8) is 0 Å². The molecule has 0 spiro atoms. The Kier molecular flexibility index (Phi) is 4.68. The second-order valence-corrected chi connectivity index (χ2v) is 5.36. The van der Waals surface area contributed by atoms with Crippen molar-refractivity contribution in [3.05, 3.63) is 0 Å². The van der Waals surface area contributed by atoms with E-state index in [0.29, 0.717) is 12.8 Å². The first-order chi connectivity index (χ1) is 7.96. The number of hydrogen-bond donors (Lipinski definition) is 2. The van der Waals surface area contributed by atoms with Gasteiger partial charge in [0, 0.05) is 18.8 Å². The first kappa shape index (κ1) is 14.2. The number of nitrogens with zero attached hydrogens (tertiary/aromatic N) is 1. The van der Waals surface area contributed by atoms with E-state index in [9.17, 15) is 9.59 Å². The average Bonchev–Trinajstić information content (AvgIpc) is 3.06. The van der Waals surface area contributed by atoms with E-state index in [1.807, 2.05) is 13.2 Å². The van der Waals surface area contributed by atoms with Gasteiger partial charge >= 0.3 is 12.0 Å². The summed E-state index contributed by atoms with van der Waals surface area (Å²) >= 11 is 1.68. The zero-order chi connectivity index (χ0) is 13.1. The molecule has 0 aromatic heterocycles. The molecule has 98 valence electrons. The van der Waals surface area contributed by atoms with E-state index in [1.165, 1.54) is 0 Å². The lowest BCUT2D eigenvalue weighted by Gasteiger charge is -2.28. The third-order valence-electron chi connectivity index (χ3n) is 3.20. The zero-order valence-corrected chi connectivity index (χ0v) is 11.3. The van der Waals surface area contributed by atoms with Crippen molar-refractivity contribution in [2.24, 2.45) is 0 Å². The number of nitrogens with one attached hydrogen (secondary N) is 1. The molecule has 0 aromatic carbocycles. The third kappa shape index (κ3) is 3.28. The van der Waals surface area contributed by atoms with Crippen molar-refractivity contribution < 1.29 is 14.7 Å². The summed E-state index contributed by atoms with van der Waals surface area (Å²) in [7, 11) is 1.72. The molecule has 0 heterocycles. The van der Waals surface area contributed by atoms with Crippen molar-refractivity contribution in [1.82, 2.24) is 10.2 Å². The number of carboxylic acids is 1. The van der Waals surface area contributed by atoms with Gasteiger partial charge in [0.05, 0.1) is 0 Å². The van der Waals surface area contributed by atoms with Crippen LogP contribution in [0, 0.1) is 0 Å². The first-order valence-corrected chi connectivity index (χ1v) is 7.13. The Hall–Kier alpha value is -0.910. The van der Waals surface area contributed by atoms with Crippen LogP contribution >= 0.6 is 11.8 Å². The van der Waals surface area contributed by atoms with Crippen LogP contribution in [0.5, 0.6) is 0 Å². The standard InChI is InChI=1S/C11H20N2O3S/c1-4-8(7-17-3)13(2)10(16)12-11(5-6-11)9(14)15/h8H,4-7H2,1-3H3,(H,12,16)(H,14,15). The van der Waals surface area contributed by atoms with Gasteiger partial charge in [0.15, 0.2) is 0 Å². The summed E-state index contributed by atoms with van der Waals surface area (Å²) < 4.78 is 0. The van der Waals surface area contributed by atoms with Crippen molar-refractivity contribution >= 4 is 23.8 Å². The Morgan fingerprint density at radius 2 is 2.12 bits per heavy atom. The van der Waals surface area contributed by atoms with Crippen LogP contribution in [-0.4, -0.2) is 52.6 Å². The molecule has 17 heavy (non-hydrogen) atoms. The molecule has 0 aliphatic heterocycles. The molecule has 5 nitrogen and oxygen atoms in total. The molecule has 1 unspecified atom stereocenters. The van der Waals surface area contributed by atoms with E-state index in [2.05, 4.69) is 5.32 Å². The molecule has 2 amide bonds. The summed E-state index contributed by atoms with van der Waals surface area (Å²) in [6.07, 6.45) is 3.92. The Bertz CT molecular complexity index is 305. The van der Waals surface area contributed by atoms with Crippen molar-refractivity contribution in [2.45, 2.75) is 37.8 Å². The highest BCUT2D eigenvalue weighted by molar-refractivity contribution is 7.98. The summed E-state index contributed by atoms with van der Waals surface area (Å²) in [6.45, 7) is 2.02. The van der Waals surface area contributed by atoms with E-state index in [1.54, 1.807) is 23.7 Å². The fourth-order valence-electron chi connectivity index (χ4n) is 1.67. The van der Waals surface area contributed by atoms with Gasteiger partial charge in [0.25, 0.3) is 0 Å². The quantitative estimate of drug-likeness (QED) is 0.757. The summed E-state index contributed by atoms with van der Waals surface area (Å²) in [4.78, 5) is 24.5.